The second-order valence-corrected chi connectivity index (χ2v) is 9.34. The predicted molar refractivity (Wildman–Crippen MR) is 127 cm³/mol. The molecule has 1 fully saturated rings. The average molecular weight is 530 g/mol. The fraction of sp³-hybridized carbons (Fsp3) is 0.130. The van der Waals surface area contributed by atoms with Crippen LogP contribution in [0.25, 0.3) is 0 Å². The normalized spacial score (nSPS) is 21.4. The van der Waals surface area contributed by atoms with Crippen LogP contribution in [0.4, 0.5) is 20.2 Å². The Balaban J connectivity index is 1.50. The van der Waals surface area contributed by atoms with Gasteiger partial charge in [0.05, 0.1) is 16.5 Å². The van der Waals surface area contributed by atoms with E-state index in [-0.39, 0.29) is 16.3 Å². The average Bonchev–Trinajstić information content (AvgIpc) is 3.32. The smallest absolute Gasteiger partial charge is 0.257 e. The zero-order valence-electron chi connectivity index (χ0n) is 16.5. The number of benzene rings is 3. The third-order valence-corrected chi connectivity index (χ3v) is 6.40. The van der Waals surface area contributed by atoms with Gasteiger partial charge in [-0.05, 0) is 66.2 Å². The van der Waals surface area contributed by atoms with E-state index in [1.54, 1.807) is 0 Å². The van der Waals surface area contributed by atoms with Gasteiger partial charge in [0.15, 0.2) is 0 Å². The molecule has 3 aromatic rings. The van der Waals surface area contributed by atoms with Crippen molar-refractivity contribution in [2.45, 2.75) is 11.0 Å². The van der Waals surface area contributed by atoms with Crippen LogP contribution in [-0.4, -0.2) is 16.9 Å². The van der Waals surface area contributed by atoms with Gasteiger partial charge >= 0.3 is 0 Å². The summed E-state index contributed by atoms with van der Waals surface area (Å²) in [4.78, 5) is 25.4. The minimum Gasteiger partial charge on any atom is -0.326 e. The minimum atomic E-state index is -2.31. The Labute approximate surface area is 207 Å². The highest BCUT2D eigenvalue weighted by atomic mass is 35.5. The molecule has 0 bridgehead atoms. The summed E-state index contributed by atoms with van der Waals surface area (Å²) in [6, 6.07) is 13.9. The van der Waals surface area contributed by atoms with E-state index in [1.165, 1.54) is 60.7 Å². The Morgan fingerprint density at radius 1 is 0.848 bits per heavy atom. The fourth-order valence-electron chi connectivity index (χ4n) is 3.55. The van der Waals surface area contributed by atoms with Gasteiger partial charge in [0, 0.05) is 27.3 Å². The Hall–Kier alpha value is -2.38. The van der Waals surface area contributed by atoms with E-state index in [0.717, 1.165) is 0 Å². The lowest BCUT2D eigenvalue weighted by molar-refractivity contribution is -0.117. The van der Waals surface area contributed by atoms with Gasteiger partial charge in [0.2, 0.25) is 11.0 Å². The largest absolute Gasteiger partial charge is 0.326 e. The van der Waals surface area contributed by atoms with Crippen LogP contribution in [0.15, 0.2) is 60.7 Å². The third kappa shape index (κ3) is 5.09. The summed E-state index contributed by atoms with van der Waals surface area (Å²) in [5.41, 5.74) is 1.04. The quantitative estimate of drug-likeness (QED) is 0.341. The topological polar surface area (TPSA) is 58.2 Å². The van der Waals surface area contributed by atoms with Gasteiger partial charge in [0.1, 0.15) is 5.82 Å². The summed E-state index contributed by atoms with van der Waals surface area (Å²) in [7, 11) is 0. The van der Waals surface area contributed by atoms with Crippen molar-refractivity contribution < 1.29 is 18.4 Å². The molecular formula is C23H14Cl4F2N2O2. The van der Waals surface area contributed by atoms with E-state index < -0.39 is 34.6 Å². The second-order valence-electron chi connectivity index (χ2n) is 7.48. The number of nitrogens with one attached hydrogen (secondary N) is 2. The fourth-order valence-corrected chi connectivity index (χ4v) is 4.71. The molecule has 1 saturated carbocycles. The Morgan fingerprint density at radius 3 is 2.09 bits per heavy atom. The first-order valence-electron chi connectivity index (χ1n) is 9.57. The summed E-state index contributed by atoms with van der Waals surface area (Å²) < 4.78 is 27.9. The molecule has 0 radical (unpaired) electrons. The Bertz CT molecular complexity index is 1230. The van der Waals surface area contributed by atoms with Crippen LogP contribution in [0.1, 0.15) is 21.8 Å². The number of alkyl halides is 2. The summed E-state index contributed by atoms with van der Waals surface area (Å²) in [5, 5.41) is 3.56. The van der Waals surface area contributed by atoms with Crippen molar-refractivity contribution in [1.82, 2.24) is 0 Å². The molecule has 1 aliphatic carbocycles. The van der Waals surface area contributed by atoms with Crippen molar-refractivity contribution in [2.75, 3.05) is 10.6 Å². The van der Waals surface area contributed by atoms with Crippen molar-refractivity contribution >= 4 is 69.6 Å². The Morgan fingerprint density at radius 2 is 1.45 bits per heavy atom. The third-order valence-electron chi connectivity index (χ3n) is 5.16. The van der Waals surface area contributed by atoms with Crippen molar-refractivity contribution in [2.24, 2.45) is 5.92 Å². The number of hydrogen-bond donors (Lipinski definition) is 2. The zero-order chi connectivity index (χ0) is 23.9. The highest BCUT2D eigenvalue weighted by Crippen LogP contribution is 2.63. The maximum absolute atomic E-state index is 14.9. The first kappa shape index (κ1) is 23.8. The van der Waals surface area contributed by atoms with Crippen LogP contribution in [-0.2, 0) is 4.79 Å². The van der Waals surface area contributed by atoms with E-state index in [9.17, 15) is 18.4 Å². The molecule has 2 amide bonds. The molecule has 10 heteroatoms. The molecule has 0 spiro atoms. The molecule has 170 valence electrons. The number of carbonyl (C=O) groups is 2. The maximum atomic E-state index is 14.9. The standard InChI is InChI=1S/C23H14Cl4F2N2O2/c24-12-7-11(8-13(25)9-12)19-20(23(19,27)29)22(33)31-16-5-6-18(26)17(10-16)21(32)30-15-3-1-14(28)2-4-15/h1-10,19-20H,(H,30,32)(H,31,33)/t19?,20-,23+/m0/s1. The molecule has 33 heavy (non-hydrogen) atoms. The van der Waals surface area contributed by atoms with Crippen LogP contribution >= 0.6 is 46.4 Å². The highest BCUT2D eigenvalue weighted by Gasteiger charge is 2.70. The van der Waals surface area contributed by atoms with Crippen molar-refractivity contribution in [3.05, 3.63) is 92.7 Å². The van der Waals surface area contributed by atoms with Gasteiger partial charge in [-0.3, -0.25) is 9.59 Å². The first-order valence-corrected chi connectivity index (χ1v) is 11.1. The number of amides is 2. The van der Waals surface area contributed by atoms with E-state index >= 15 is 0 Å². The summed E-state index contributed by atoms with van der Waals surface area (Å²) in [5.74, 6) is -3.83. The Kier molecular flexibility index (Phi) is 6.56. The highest BCUT2D eigenvalue weighted by molar-refractivity contribution is 6.35. The van der Waals surface area contributed by atoms with Gasteiger partial charge in [-0.2, -0.15) is 0 Å². The molecule has 4 nitrogen and oxygen atoms in total. The zero-order valence-corrected chi connectivity index (χ0v) is 19.5. The molecule has 0 aromatic heterocycles. The molecular weight excluding hydrogens is 516 g/mol. The van der Waals surface area contributed by atoms with Crippen molar-refractivity contribution in [3.8, 4) is 0 Å². The van der Waals surface area contributed by atoms with E-state index in [0.29, 0.717) is 21.3 Å². The molecule has 0 heterocycles. The van der Waals surface area contributed by atoms with E-state index in [2.05, 4.69) is 10.6 Å². The number of rotatable bonds is 5. The van der Waals surface area contributed by atoms with Gasteiger partial charge in [-0.25, -0.2) is 8.78 Å². The molecule has 0 saturated heterocycles. The maximum Gasteiger partial charge on any atom is 0.257 e. The summed E-state index contributed by atoms with van der Waals surface area (Å²) in [6.07, 6.45) is 0. The molecule has 1 unspecified atom stereocenters. The summed E-state index contributed by atoms with van der Waals surface area (Å²) >= 11 is 24.0. The molecule has 4 rings (SSSR count). The SMILES string of the molecule is O=C(Nc1ccc(F)cc1)c1cc(NC(=O)[C@@H]2C(c3cc(Cl)cc(Cl)c3)[C@]2(F)Cl)ccc1Cl. The van der Waals surface area contributed by atoms with Crippen LogP contribution in [0, 0.1) is 11.7 Å². The molecule has 2 N–H and O–H groups in total. The monoisotopic (exact) mass is 528 g/mol. The van der Waals surface area contributed by atoms with Crippen molar-refractivity contribution in [1.29, 1.82) is 0 Å². The molecule has 3 aromatic carbocycles. The van der Waals surface area contributed by atoms with Crippen LogP contribution in [0.5, 0.6) is 0 Å². The predicted octanol–water partition coefficient (Wildman–Crippen LogP) is 7.29. The number of anilines is 2. The molecule has 0 aliphatic heterocycles. The van der Waals surface area contributed by atoms with Crippen LogP contribution in [0.2, 0.25) is 15.1 Å². The minimum absolute atomic E-state index is 0.0603. The molecule has 1 aliphatic rings. The van der Waals surface area contributed by atoms with Gasteiger partial charge in [-0.15, -0.1) is 0 Å². The number of halogens is 6. The van der Waals surface area contributed by atoms with E-state index in [1.807, 2.05) is 0 Å². The molecule has 3 atom stereocenters. The van der Waals surface area contributed by atoms with Gasteiger partial charge < -0.3 is 10.6 Å². The van der Waals surface area contributed by atoms with Gasteiger partial charge in [0.25, 0.3) is 5.91 Å². The number of hydrogen-bond acceptors (Lipinski definition) is 2. The second kappa shape index (κ2) is 9.11. The van der Waals surface area contributed by atoms with Crippen LogP contribution in [0.3, 0.4) is 0 Å². The lowest BCUT2D eigenvalue weighted by Crippen LogP contribution is -2.18. The lowest BCUT2D eigenvalue weighted by Gasteiger charge is -2.10. The first-order chi connectivity index (χ1) is 15.6. The lowest BCUT2D eigenvalue weighted by atomic mass is 10.1. The van der Waals surface area contributed by atoms with Crippen molar-refractivity contribution in [3.63, 3.8) is 0 Å². The summed E-state index contributed by atoms with van der Waals surface area (Å²) in [6.45, 7) is 0. The van der Waals surface area contributed by atoms with E-state index in [4.69, 9.17) is 46.4 Å². The van der Waals surface area contributed by atoms with Crippen LogP contribution < -0.4 is 10.6 Å². The van der Waals surface area contributed by atoms with Gasteiger partial charge in [-0.1, -0.05) is 46.4 Å². The number of carbonyl (C=O) groups excluding carboxylic acids is 2.